The predicted octanol–water partition coefficient (Wildman–Crippen LogP) is 4.88. The lowest BCUT2D eigenvalue weighted by molar-refractivity contribution is 0.307. The average Bonchev–Trinajstić information content (AvgIpc) is 2.28. The molecule has 1 aliphatic heterocycles. The molecule has 2 aliphatic rings. The molecule has 1 heterocycles. The van der Waals surface area contributed by atoms with Crippen molar-refractivity contribution < 1.29 is 0 Å². The Kier molecular flexibility index (Phi) is 4.64. The second kappa shape index (κ2) is 6.04. The number of allylic oxidation sites excluding steroid dienone is 1. The maximum atomic E-state index is 4.61. The first-order chi connectivity index (χ1) is 8.59. The van der Waals surface area contributed by atoms with E-state index in [1.54, 1.807) is 11.1 Å². The van der Waals surface area contributed by atoms with E-state index in [0.29, 0.717) is 11.8 Å². The van der Waals surface area contributed by atoms with Crippen molar-refractivity contribution in [2.45, 2.75) is 59.8 Å². The van der Waals surface area contributed by atoms with E-state index in [9.17, 15) is 0 Å². The third kappa shape index (κ3) is 3.05. The highest BCUT2D eigenvalue weighted by Crippen LogP contribution is 2.37. The van der Waals surface area contributed by atoms with E-state index in [1.807, 2.05) is 0 Å². The molecule has 1 saturated carbocycles. The van der Waals surface area contributed by atoms with Crippen molar-refractivity contribution in [1.29, 1.82) is 0 Å². The highest BCUT2D eigenvalue weighted by atomic mass is 14.7. The van der Waals surface area contributed by atoms with Crippen molar-refractivity contribution in [2.75, 3.05) is 6.54 Å². The third-order valence-corrected chi connectivity index (χ3v) is 4.92. The molecule has 0 saturated heterocycles. The standard InChI is InChI=1S/C17H29N/c1-12(2)14-6-5-7-15-10-18-11-17(13(3)4)16(15)9-8-14/h10,12-15H,5-9,11H2,1-4H3. The van der Waals surface area contributed by atoms with Gasteiger partial charge in [-0.2, -0.15) is 0 Å². The van der Waals surface area contributed by atoms with Gasteiger partial charge < -0.3 is 0 Å². The Morgan fingerprint density at radius 1 is 1.11 bits per heavy atom. The molecule has 0 aromatic carbocycles. The largest absolute Gasteiger partial charge is 0.292 e. The van der Waals surface area contributed by atoms with Gasteiger partial charge in [-0.05, 0) is 42.6 Å². The minimum atomic E-state index is 0.671. The molecule has 2 atom stereocenters. The summed E-state index contributed by atoms with van der Waals surface area (Å²) in [5.41, 5.74) is 3.40. The average molecular weight is 247 g/mol. The van der Waals surface area contributed by atoms with E-state index in [1.165, 1.54) is 32.1 Å². The molecule has 2 rings (SSSR count). The Morgan fingerprint density at radius 3 is 2.56 bits per heavy atom. The SMILES string of the molecule is CC(C)C1=C2CCC(C(C)C)CCCC2C=NC1. The summed E-state index contributed by atoms with van der Waals surface area (Å²) in [6.07, 6.45) is 9.11. The van der Waals surface area contributed by atoms with Gasteiger partial charge in [0.15, 0.2) is 0 Å². The number of hydrogen-bond donors (Lipinski definition) is 0. The van der Waals surface area contributed by atoms with Gasteiger partial charge in [0, 0.05) is 12.1 Å². The molecule has 0 radical (unpaired) electrons. The van der Waals surface area contributed by atoms with E-state index in [4.69, 9.17) is 0 Å². The van der Waals surface area contributed by atoms with Gasteiger partial charge in [-0.1, -0.05) is 46.1 Å². The van der Waals surface area contributed by atoms with Crippen LogP contribution in [0.3, 0.4) is 0 Å². The van der Waals surface area contributed by atoms with Crippen molar-refractivity contribution in [3.63, 3.8) is 0 Å². The molecule has 0 N–H and O–H groups in total. The topological polar surface area (TPSA) is 12.4 Å². The Bertz CT molecular complexity index is 336. The molecule has 102 valence electrons. The van der Waals surface area contributed by atoms with Crippen LogP contribution in [0.4, 0.5) is 0 Å². The van der Waals surface area contributed by atoms with E-state index >= 15 is 0 Å². The Hall–Kier alpha value is -0.590. The normalized spacial score (nSPS) is 29.4. The molecule has 18 heavy (non-hydrogen) atoms. The summed E-state index contributed by atoms with van der Waals surface area (Å²) in [5.74, 6) is 3.13. The van der Waals surface area contributed by atoms with Crippen LogP contribution in [-0.2, 0) is 0 Å². The molecule has 0 aromatic heterocycles. The second-order valence-corrected chi connectivity index (χ2v) is 6.78. The first-order valence-corrected chi connectivity index (χ1v) is 7.81. The molecule has 1 aliphatic carbocycles. The summed E-state index contributed by atoms with van der Waals surface area (Å²) < 4.78 is 0. The zero-order valence-corrected chi connectivity index (χ0v) is 12.6. The molecule has 0 aromatic rings. The molecular formula is C17H29N. The molecule has 0 spiro atoms. The van der Waals surface area contributed by atoms with Gasteiger partial charge in [0.05, 0.1) is 6.54 Å². The molecule has 1 heteroatoms. The Morgan fingerprint density at radius 2 is 1.89 bits per heavy atom. The predicted molar refractivity (Wildman–Crippen MR) is 80.1 cm³/mol. The van der Waals surface area contributed by atoms with Crippen LogP contribution in [0.1, 0.15) is 59.8 Å². The van der Waals surface area contributed by atoms with Gasteiger partial charge in [-0.15, -0.1) is 0 Å². The van der Waals surface area contributed by atoms with Crippen LogP contribution in [-0.4, -0.2) is 12.8 Å². The third-order valence-electron chi connectivity index (χ3n) is 4.92. The summed E-state index contributed by atoms with van der Waals surface area (Å²) in [4.78, 5) is 4.61. The number of hydrogen-bond acceptors (Lipinski definition) is 1. The van der Waals surface area contributed by atoms with Gasteiger partial charge in [0.25, 0.3) is 0 Å². The second-order valence-electron chi connectivity index (χ2n) is 6.78. The van der Waals surface area contributed by atoms with Crippen LogP contribution in [0.15, 0.2) is 16.1 Å². The van der Waals surface area contributed by atoms with E-state index in [0.717, 1.165) is 18.4 Å². The molecule has 0 bridgehead atoms. The lowest BCUT2D eigenvalue weighted by Gasteiger charge is -2.32. The van der Waals surface area contributed by atoms with Crippen LogP contribution in [0.5, 0.6) is 0 Å². The lowest BCUT2D eigenvalue weighted by Crippen LogP contribution is -2.22. The highest BCUT2D eigenvalue weighted by Gasteiger charge is 2.25. The van der Waals surface area contributed by atoms with Crippen LogP contribution < -0.4 is 0 Å². The number of rotatable bonds is 2. The molecule has 2 unspecified atom stereocenters. The minimum Gasteiger partial charge on any atom is -0.292 e. The summed E-state index contributed by atoms with van der Waals surface area (Å²) in [6.45, 7) is 10.4. The van der Waals surface area contributed by atoms with Gasteiger partial charge in [0.1, 0.15) is 0 Å². The fraction of sp³-hybridized carbons (Fsp3) is 0.824. The first kappa shape index (κ1) is 13.8. The summed E-state index contributed by atoms with van der Waals surface area (Å²) in [5, 5.41) is 0. The fourth-order valence-electron chi connectivity index (χ4n) is 3.61. The van der Waals surface area contributed by atoms with E-state index < -0.39 is 0 Å². The molecular weight excluding hydrogens is 218 g/mol. The highest BCUT2D eigenvalue weighted by molar-refractivity contribution is 5.67. The Balaban J connectivity index is 2.16. The van der Waals surface area contributed by atoms with Gasteiger partial charge in [0.2, 0.25) is 0 Å². The molecule has 1 nitrogen and oxygen atoms in total. The van der Waals surface area contributed by atoms with Crippen molar-refractivity contribution >= 4 is 6.21 Å². The van der Waals surface area contributed by atoms with E-state index in [-0.39, 0.29) is 0 Å². The number of nitrogens with zero attached hydrogens (tertiary/aromatic N) is 1. The molecule has 0 amide bonds. The van der Waals surface area contributed by atoms with Crippen LogP contribution in [0, 0.1) is 23.7 Å². The zero-order chi connectivity index (χ0) is 13.1. The zero-order valence-electron chi connectivity index (χ0n) is 12.6. The monoisotopic (exact) mass is 247 g/mol. The number of dihydropyridines is 1. The van der Waals surface area contributed by atoms with Gasteiger partial charge in [-0.3, -0.25) is 4.99 Å². The maximum Gasteiger partial charge on any atom is 0.0601 e. The summed E-state index contributed by atoms with van der Waals surface area (Å²) in [6, 6.07) is 0. The molecule has 1 fully saturated rings. The fourth-order valence-corrected chi connectivity index (χ4v) is 3.61. The smallest absolute Gasteiger partial charge is 0.0601 e. The van der Waals surface area contributed by atoms with Crippen molar-refractivity contribution in [3.8, 4) is 0 Å². The van der Waals surface area contributed by atoms with E-state index in [2.05, 4.69) is 38.9 Å². The summed E-state index contributed by atoms with van der Waals surface area (Å²) >= 11 is 0. The number of fused-ring (bicyclic) bond motifs is 1. The lowest BCUT2D eigenvalue weighted by atomic mass is 9.75. The summed E-state index contributed by atoms with van der Waals surface area (Å²) in [7, 11) is 0. The van der Waals surface area contributed by atoms with Crippen molar-refractivity contribution in [3.05, 3.63) is 11.1 Å². The van der Waals surface area contributed by atoms with Gasteiger partial charge in [-0.25, -0.2) is 0 Å². The van der Waals surface area contributed by atoms with Crippen LogP contribution >= 0.6 is 0 Å². The first-order valence-electron chi connectivity index (χ1n) is 7.81. The van der Waals surface area contributed by atoms with Gasteiger partial charge >= 0.3 is 0 Å². The van der Waals surface area contributed by atoms with Crippen LogP contribution in [0.25, 0.3) is 0 Å². The van der Waals surface area contributed by atoms with Crippen molar-refractivity contribution in [2.24, 2.45) is 28.7 Å². The maximum absolute atomic E-state index is 4.61. The Labute approximate surface area is 113 Å². The minimum absolute atomic E-state index is 0.671. The van der Waals surface area contributed by atoms with Crippen molar-refractivity contribution in [1.82, 2.24) is 0 Å². The quantitative estimate of drug-likeness (QED) is 0.617. The van der Waals surface area contributed by atoms with Crippen LogP contribution in [0.2, 0.25) is 0 Å². The number of aliphatic imine (C=N–C) groups is 1.